The van der Waals surface area contributed by atoms with Gasteiger partial charge in [0.1, 0.15) is 17.8 Å². The van der Waals surface area contributed by atoms with Crippen LogP contribution in [-0.2, 0) is 19.0 Å². The standard InChI is InChI=1S/C31H36O7/c1-28(2)22-19-24(36-25(32)16-15-20-11-7-5-8-12-20)30(4)23(37-27(34)21-13-9-6-10-14-21)17-18-29(3,35)31(30,38-28)26(22)33/h5-16,22-24,26,33,35H,17-19H2,1-4H3/t22-,23+,24+,26-,29+,30+,31+/m1/s1. The minimum atomic E-state index is -1.53. The van der Waals surface area contributed by atoms with E-state index in [4.69, 9.17) is 14.2 Å². The molecule has 5 rings (SSSR count). The minimum Gasteiger partial charge on any atom is -0.458 e. The second-order valence-corrected chi connectivity index (χ2v) is 11.8. The molecule has 2 bridgehead atoms. The first-order valence-electron chi connectivity index (χ1n) is 13.2. The van der Waals surface area contributed by atoms with Crippen molar-refractivity contribution in [3.63, 3.8) is 0 Å². The summed E-state index contributed by atoms with van der Waals surface area (Å²) in [7, 11) is 0. The van der Waals surface area contributed by atoms with E-state index in [1.54, 1.807) is 37.3 Å². The monoisotopic (exact) mass is 520 g/mol. The van der Waals surface area contributed by atoms with Crippen LogP contribution in [0.15, 0.2) is 66.7 Å². The lowest BCUT2D eigenvalue weighted by Crippen LogP contribution is -2.78. The SMILES string of the molecule is CC1(C)O[C@]23[C@H](O)[C@H]1C[C@H](OC(=O)C=Cc1ccccc1)[C@]2(C)[C@@H](OC(=O)c1ccccc1)CC[C@]3(C)O. The maximum Gasteiger partial charge on any atom is 0.338 e. The number of fused-ring (bicyclic) bond motifs is 1. The molecular formula is C31H36O7. The van der Waals surface area contributed by atoms with E-state index < -0.39 is 58.4 Å². The average Bonchev–Trinajstić information content (AvgIpc) is 3.05. The molecule has 1 saturated heterocycles. The summed E-state index contributed by atoms with van der Waals surface area (Å²) in [6, 6.07) is 18.1. The van der Waals surface area contributed by atoms with Crippen LogP contribution in [0.2, 0.25) is 0 Å². The van der Waals surface area contributed by atoms with Crippen molar-refractivity contribution in [3.8, 4) is 0 Å². The second-order valence-electron chi connectivity index (χ2n) is 11.8. The number of rotatable bonds is 5. The number of hydrogen-bond donors (Lipinski definition) is 2. The fraction of sp³-hybridized carbons (Fsp3) is 0.484. The first-order chi connectivity index (χ1) is 17.9. The molecule has 0 radical (unpaired) electrons. The Bertz CT molecular complexity index is 1220. The maximum absolute atomic E-state index is 13.2. The van der Waals surface area contributed by atoms with Crippen LogP contribution < -0.4 is 0 Å². The van der Waals surface area contributed by atoms with Gasteiger partial charge in [-0.05, 0) is 70.7 Å². The highest BCUT2D eigenvalue weighted by molar-refractivity contribution is 5.89. The minimum absolute atomic E-state index is 0.240. The molecule has 0 amide bonds. The molecule has 202 valence electrons. The van der Waals surface area contributed by atoms with Gasteiger partial charge in [0.2, 0.25) is 0 Å². The van der Waals surface area contributed by atoms with Crippen LogP contribution >= 0.6 is 0 Å². The smallest absolute Gasteiger partial charge is 0.338 e. The van der Waals surface area contributed by atoms with Gasteiger partial charge in [-0.1, -0.05) is 48.5 Å². The number of hydrogen-bond acceptors (Lipinski definition) is 7. The number of carbonyl (C=O) groups excluding carboxylic acids is 2. The highest BCUT2D eigenvalue weighted by atomic mass is 16.6. The van der Waals surface area contributed by atoms with E-state index >= 15 is 0 Å². The van der Waals surface area contributed by atoms with E-state index in [0.29, 0.717) is 18.4 Å². The molecule has 2 N–H and O–H groups in total. The number of aliphatic hydroxyl groups is 2. The highest BCUT2D eigenvalue weighted by Crippen LogP contribution is 2.67. The van der Waals surface area contributed by atoms with Crippen LogP contribution in [0.1, 0.15) is 62.9 Å². The second kappa shape index (κ2) is 9.33. The number of carbonyl (C=O) groups is 2. The first kappa shape index (κ1) is 26.6. The third kappa shape index (κ3) is 3.99. The molecule has 0 aromatic heterocycles. The lowest BCUT2D eigenvalue weighted by Gasteiger charge is -2.63. The fourth-order valence-corrected chi connectivity index (χ4v) is 7.15. The fourth-order valence-electron chi connectivity index (χ4n) is 7.15. The molecule has 7 atom stereocenters. The summed E-state index contributed by atoms with van der Waals surface area (Å²) in [5.74, 6) is -1.47. The van der Waals surface area contributed by atoms with Gasteiger partial charge in [0.25, 0.3) is 0 Å². The average molecular weight is 521 g/mol. The van der Waals surface area contributed by atoms with E-state index in [1.165, 1.54) is 6.08 Å². The summed E-state index contributed by atoms with van der Waals surface area (Å²) in [4.78, 5) is 26.3. The van der Waals surface area contributed by atoms with Crippen molar-refractivity contribution in [2.75, 3.05) is 0 Å². The van der Waals surface area contributed by atoms with Crippen LogP contribution in [0.5, 0.6) is 0 Å². The van der Waals surface area contributed by atoms with Crippen LogP contribution in [0.25, 0.3) is 6.08 Å². The van der Waals surface area contributed by atoms with E-state index in [2.05, 4.69) is 0 Å². The van der Waals surface area contributed by atoms with Gasteiger partial charge in [-0.3, -0.25) is 0 Å². The van der Waals surface area contributed by atoms with Gasteiger partial charge in [-0.15, -0.1) is 0 Å². The summed E-state index contributed by atoms with van der Waals surface area (Å²) in [5.41, 5.74) is -3.79. The van der Waals surface area contributed by atoms with Crippen molar-refractivity contribution in [2.45, 2.75) is 82.1 Å². The largest absolute Gasteiger partial charge is 0.458 e. The van der Waals surface area contributed by atoms with E-state index in [-0.39, 0.29) is 6.42 Å². The molecule has 2 saturated carbocycles. The summed E-state index contributed by atoms with van der Waals surface area (Å²) >= 11 is 0. The zero-order chi connectivity index (χ0) is 27.3. The van der Waals surface area contributed by atoms with Crippen LogP contribution in [0, 0.1) is 11.3 Å². The van der Waals surface area contributed by atoms with Crippen molar-refractivity contribution in [3.05, 3.63) is 77.9 Å². The van der Waals surface area contributed by atoms with Gasteiger partial charge in [0.15, 0.2) is 0 Å². The molecule has 1 heterocycles. The van der Waals surface area contributed by atoms with Gasteiger partial charge in [0.05, 0.1) is 28.3 Å². The van der Waals surface area contributed by atoms with E-state index in [1.807, 2.05) is 57.2 Å². The molecule has 7 nitrogen and oxygen atoms in total. The Morgan fingerprint density at radius 1 is 0.947 bits per heavy atom. The Balaban J connectivity index is 1.54. The normalized spacial score (nSPS) is 37.4. The van der Waals surface area contributed by atoms with Crippen molar-refractivity contribution in [2.24, 2.45) is 11.3 Å². The van der Waals surface area contributed by atoms with Gasteiger partial charge in [-0.2, -0.15) is 0 Å². The summed E-state index contributed by atoms with van der Waals surface area (Å²) in [6.07, 6.45) is 1.29. The number of benzene rings is 2. The van der Waals surface area contributed by atoms with Crippen molar-refractivity contribution in [1.82, 2.24) is 0 Å². The predicted octanol–water partition coefficient (Wildman–Crippen LogP) is 4.32. The summed E-state index contributed by atoms with van der Waals surface area (Å²) in [6.45, 7) is 7.22. The van der Waals surface area contributed by atoms with Crippen LogP contribution in [0.4, 0.5) is 0 Å². The zero-order valence-corrected chi connectivity index (χ0v) is 22.3. The lowest BCUT2D eigenvalue weighted by atomic mass is 9.47. The van der Waals surface area contributed by atoms with Gasteiger partial charge in [0, 0.05) is 12.0 Å². The van der Waals surface area contributed by atoms with E-state index in [9.17, 15) is 19.8 Å². The topological polar surface area (TPSA) is 102 Å². The Morgan fingerprint density at radius 3 is 2.24 bits per heavy atom. The van der Waals surface area contributed by atoms with E-state index in [0.717, 1.165) is 5.56 Å². The molecule has 3 aliphatic rings. The van der Waals surface area contributed by atoms with Crippen LogP contribution in [0.3, 0.4) is 0 Å². The number of ether oxygens (including phenoxy) is 3. The molecule has 7 heteroatoms. The maximum atomic E-state index is 13.2. The Morgan fingerprint density at radius 2 is 1.58 bits per heavy atom. The Kier molecular flexibility index (Phi) is 6.53. The van der Waals surface area contributed by atoms with Crippen molar-refractivity contribution in [1.29, 1.82) is 0 Å². The molecule has 1 aliphatic heterocycles. The summed E-state index contributed by atoms with van der Waals surface area (Å²) in [5, 5.41) is 23.5. The summed E-state index contributed by atoms with van der Waals surface area (Å²) < 4.78 is 18.8. The number of esters is 2. The molecule has 2 aromatic rings. The molecule has 1 spiro atoms. The van der Waals surface area contributed by atoms with Crippen LogP contribution in [-0.4, -0.2) is 57.3 Å². The molecule has 2 aliphatic carbocycles. The highest BCUT2D eigenvalue weighted by Gasteiger charge is 2.81. The predicted molar refractivity (Wildman–Crippen MR) is 141 cm³/mol. The molecule has 0 unspecified atom stereocenters. The Hall–Kier alpha value is -3.00. The molecular weight excluding hydrogens is 484 g/mol. The molecule has 38 heavy (non-hydrogen) atoms. The van der Waals surface area contributed by atoms with Gasteiger partial charge >= 0.3 is 11.9 Å². The number of aliphatic hydroxyl groups excluding tert-OH is 1. The van der Waals surface area contributed by atoms with Crippen molar-refractivity contribution < 1.29 is 34.0 Å². The zero-order valence-electron chi connectivity index (χ0n) is 22.3. The molecule has 2 aromatic carbocycles. The lowest BCUT2D eigenvalue weighted by molar-refractivity contribution is -0.326. The van der Waals surface area contributed by atoms with Gasteiger partial charge in [-0.25, -0.2) is 9.59 Å². The first-order valence-corrected chi connectivity index (χ1v) is 13.2. The third-order valence-electron chi connectivity index (χ3n) is 9.14. The van der Waals surface area contributed by atoms with Gasteiger partial charge < -0.3 is 24.4 Å². The Labute approximate surface area is 223 Å². The van der Waals surface area contributed by atoms with Crippen molar-refractivity contribution >= 4 is 18.0 Å². The molecule has 3 fully saturated rings. The third-order valence-corrected chi connectivity index (χ3v) is 9.14. The quantitative estimate of drug-likeness (QED) is 0.447.